The molecule has 3 aromatic rings. The Kier molecular flexibility index (Phi) is 6.07. The molecule has 0 amide bonds. The van der Waals surface area contributed by atoms with Gasteiger partial charge in [0.25, 0.3) is 0 Å². The standard InChI is InChI=1S/C16H9F5O3.C2H6/c17-15(18)24-14-7-10(16(19,20)21)2-4-12(14)23-11-3-1-9-5-6-22-13(9)8-11;1-2/h1-8,15H;1-2H3. The van der Waals surface area contributed by atoms with Gasteiger partial charge in [-0.25, -0.2) is 0 Å². The Morgan fingerprint density at radius 3 is 2.31 bits per heavy atom. The van der Waals surface area contributed by atoms with Gasteiger partial charge in [-0.2, -0.15) is 22.0 Å². The summed E-state index contributed by atoms with van der Waals surface area (Å²) >= 11 is 0. The van der Waals surface area contributed by atoms with Gasteiger partial charge in [-0.05, 0) is 36.4 Å². The second-order valence-electron chi connectivity index (χ2n) is 4.76. The fourth-order valence-electron chi connectivity index (χ4n) is 2.08. The molecule has 0 radical (unpaired) electrons. The topological polar surface area (TPSA) is 31.6 Å². The van der Waals surface area contributed by atoms with Crippen LogP contribution in [0.4, 0.5) is 22.0 Å². The summed E-state index contributed by atoms with van der Waals surface area (Å²) in [7, 11) is 0. The minimum Gasteiger partial charge on any atom is -0.464 e. The normalized spacial score (nSPS) is 11.2. The van der Waals surface area contributed by atoms with Crippen molar-refractivity contribution in [1.29, 1.82) is 0 Å². The summed E-state index contributed by atoms with van der Waals surface area (Å²) in [5.41, 5.74) is -0.636. The van der Waals surface area contributed by atoms with Crippen molar-refractivity contribution in [3.63, 3.8) is 0 Å². The first-order valence-corrected chi connectivity index (χ1v) is 7.64. The number of benzene rings is 2. The molecule has 3 nitrogen and oxygen atoms in total. The molecule has 0 aliphatic carbocycles. The lowest BCUT2D eigenvalue weighted by Crippen LogP contribution is -2.08. The van der Waals surface area contributed by atoms with Crippen LogP contribution in [0.2, 0.25) is 0 Å². The summed E-state index contributed by atoms with van der Waals surface area (Å²) in [5.74, 6) is -0.773. The molecule has 0 fully saturated rings. The van der Waals surface area contributed by atoms with Crippen molar-refractivity contribution < 1.29 is 35.8 Å². The highest BCUT2D eigenvalue weighted by Crippen LogP contribution is 2.39. The Bertz CT molecular complexity index is 855. The summed E-state index contributed by atoms with van der Waals surface area (Å²) < 4.78 is 77.7. The second kappa shape index (κ2) is 8.07. The third kappa shape index (κ3) is 4.65. The van der Waals surface area contributed by atoms with Crippen LogP contribution in [0.3, 0.4) is 0 Å². The zero-order chi connectivity index (χ0) is 19.3. The maximum atomic E-state index is 12.7. The van der Waals surface area contributed by atoms with Crippen LogP contribution in [0.15, 0.2) is 53.1 Å². The number of ether oxygens (including phenoxy) is 2. The van der Waals surface area contributed by atoms with Gasteiger partial charge < -0.3 is 13.9 Å². The molecule has 0 bridgehead atoms. The van der Waals surface area contributed by atoms with Crippen LogP contribution in [-0.4, -0.2) is 6.61 Å². The predicted octanol–water partition coefficient (Wildman–Crippen LogP) is 6.87. The molecule has 0 aliphatic heterocycles. The van der Waals surface area contributed by atoms with Crippen molar-refractivity contribution in [3.05, 3.63) is 54.3 Å². The number of furan rings is 1. The third-order valence-corrected chi connectivity index (χ3v) is 3.14. The first kappa shape index (κ1) is 19.6. The Labute approximate surface area is 145 Å². The summed E-state index contributed by atoms with van der Waals surface area (Å²) in [5, 5.41) is 0.791. The molecule has 1 aromatic heterocycles. The van der Waals surface area contributed by atoms with E-state index in [-0.39, 0.29) is 11.5 Å². The molecule has 0 saturated carbocycles. The molecule has 2 aromatic carbocycles. The van der Waals surface area contributed by atoms with Gasteiger partial charge in [-0.15, -0.1) is 0 Å². The molecule has 0 unspecified atom stereocenters. The Hall–Kier alpha value is -2.77. The van der Waals surface area contributed by atoms with Gasteiger partial charge in [0.1, 0.15) is 11.3 Å². The van der Waals surface area contributed by atoms with Gasteiger partial charge in [0, 0.05) is 11.5 Å². The van der Waals surface area contributed by atoms with E-state index < -0.39 is 24.1 Å². The summed E-state index contributed by atoms with van der Waals surface area (Å²) in [6.07, 6.45) is -3.23. The van der Waals surface area contributed by atoms with Crippen LogP contribution < -0.4 is 9.47 Å². The molecule has 0 aliphatic rings. The van der Waals surface area contributed by atoms with Crippen molar-refractivity contribution in [2.24, 2.45) is 0 Å². The maximum absolute atomic E-state index is 12.7. The highest BCUT2D eigenvalue weighted by Gasteiger charge is 2.32. The number of alkyl halides is 5. The van der Waals surface area contributed by atoms with E-state index in [0.29, 0.717) is 11.6 Å². The zero-order valence-corrected chi connectivity index (χ0v) is 13.8. The van der Waals surface area contributed by atoms with Crippen LogP contribution in [0.25, 0.3) is 11.0 Å². The molecule has 8 heteroatoms. The molecule has 0 saturated heterocycles. The van der Waals surface area contributed by atoms with Crippen molar-refractivity contribution in [2.45, 2.75) is 26.6 Å². The Balaban J connectivity index is 0.00000117. The van der Waals surface area contributed by atoms with Crippen LogP contribution in [0.1, 0.15) is 19.4 Å². The predicted molar refractivity (Wildman–Crippen MR) is 85.7 cm³/mol. The quantitative estimate of drug-likeness (QED) is 0.467. The first-order valence-electron chi connectivity index (χ1n) is 7.64. The largest absolute Gasteiger partial charge is 0.464 e. The summed E-state index contributed by atoms with van der Waals surface area (Å²) in [6, 6.07) is 8.49. The van der Waals surface area contributed by atoms with Gasteiger partial charge >= 0.3 is 12.8 Å². The fourth-order valence-corrected chi connectivity index (χ4v) is 2.08. The number of fused-ring (bicyclic) bond motifs is 1. The average molecular weight is 374 g/mol. The highest BCUT2D eigenvalue weighted by molar-refractivity contribution is 5.78. The minimum absolute atomic E-state index is 0.205. The van der Waals surface area contributed by atoms with Gasteiger partial charge in [-0.3, -0.25) is 0 Å². The van der Waals surface area contributed by atoms with E-state index in [0.717, 1.165) is 17.5 Å². The molecule has 140 valence electrons. The number of halogens is 5. The molecular weight excluding hydrogens is 359 g/mol. The van der Waals surface area contributed by atoms with E-state index in [2.05, 4.69) is 4.74 Å². The molecule has 26 heavy (non-hydrogen) atoms. The fraction of sp³-hybridized carbons (Fsp3) is 0.222. The highest BCUT2D eigenvalue weighted by atomic mass is 19.4. The smallest absolute Gasteiger partial charge is 0.416 e. The third-order valence-electron chi connectivity index (χ3n) is 3.14. The number of hydrogen-bond acceptors (Lipinski definition) is 3. The van der Waals surface area contributed by atoms with E-state index in [9.17, 15) is 22.0 Å². The van der Waals surface area contributed by atoms with Crippen LogP contribution >= 0.6 is 0 Å². The van der Waals surface area contributed by atoms with Crippen LogP contribution in [-0.2, 0) is 6.18 Å². The Morgan fingerprint density at radius 2 is 1.65 bits per heavy atom. The molecule has 0 N–H and O–H groups in total. The van der Waals surface area contributed by atoms with Crippen molar-refractivity contribution in [3.8, 4) is 17.2 Å². The van der Waals surface area contributed by atoms with Gasteiger partial charge in [0.15, 0.2) is 11.5 Å². The molecule has 0 spiro atoms. The van der Waals surface area contributed by atoms with E-state index >= 15 is 0 Å². The monoisotopic (exact) mass is 374 g/mol. The van der Waals surface area contributed by atoms with E-state index in [1.54, 1.807) is 12.1 Å². The molecule has 3 rings (SSSR count). The average Bonchev–Trinajstić information content (AvgIpc) is 3.04. The van der Waals surface area contributed by atoms with Crippen molar-refractivity contribution in [1.82, 2.24) is 0 Å². The SMILES string of the molecule is CC.FC(F)Oc1cc(C(F)(F)F)ccc1Oc1ccc2ccoc2c1. The van der Waals surface area contributed by atoms with E-state index in [1.165, 1.54) is 18.4 Å². The first-order chi connectivity index (χ1) is 12.3. The van der Waals surface area contributed by atoms with Crippen molar-refractivity contribution in [2.75, 3.05) is 0 Å². The second-order valence-corrected chi connectivity index (χ2v) is 4.76. The van der Waals surface area contributed by atoms with Crippen molar-refractivity contribution >= 4 is 11.0 Å². The van der Waals surface area contributed by atoms with E-state index in [4.69, 9.17) is 9.15 Å². The van der Waals surface area contributed by atoms with Crippen LogP contribution in [0, 0.1) is 0 Å². The lowest BCUT2D eigenvalue weighted by molar-refractivity contribution is -0.138. The Morgan fingerprint density at radius 1 is 0.923 bits per heavy atom. The van der Waals surface area contributed by atoms with Crippen LogP contribution in [0.5, 0.6) is 17.2 Å². The molecule has 1 heterocycles. The van der Waals surface area contributed by atoms with Gasteiger partial charge in [-0.1, -0.05) is 13.8 Å². The van der Waals surface area contributed by atoms with E-state index in [1.807, 2.05) is 13.8 Å². The van der Waals surface area contributed by atoms with Gasteiger partial charge in [0.2, 0.25) is 0 Å². The minimum atomic E-state index is -4.69. The summed E-state index contributed by atoms with van der Waals surface area (Å²) in [4.78, 5) is 0. The lowest BCUT2D eigenvalue weighted by atomic mass is 10.2. The molecule has 0 atom stereocenters. The number of hydrogen-bond donors (Lipinski definition) is 0. The molecular formula is C18H15F5O3. The number of rotatable bonds is 4. The van der Waals surface area contributed by atoms with Gasteiger partial charge in [0.05, 0.1) is 11.8 Å². The summed E-state index contributed by atoms with van der Waals surface area (Å²) in [6.45, 7) is 0.711. The zero-order valence-electron chi connectivity index (χ0n) is 13.8. The maximum Gasteiger partial charge on any atom is 0.416 e. The lowest BCUT2D eigenvalue weighted by Gasteiger charge is -2.14.